The van der Waals surface area contributed by atoms with E-state index in [9.17, 15) is 4.79 Å². The number of hydrogen-bond donors (Lipinski definition) is 0. The van der Waals surface area contributed by atoms with Gasteiger partial charge < -0.3 is 9.47 Å². The zero-order valence-electron chi connectivity index (χ0n) is 13.2. The molecule has 0 saturated heterocycles. The van der Waals surface area contributed by atoms with Crippen LogP contribution in [0.3, 0.4) is 0 Å². The van der Waals surface area contributed by atoms with Gasteiger partial charge in [0.05, 0.1) is 12.7 Å². The van der Waals surface area contributed by atoms with Gasteiger partial charge in [-0.1, -0.05) is 39.3 Å². The first kappa shape index (κ1) is 16.5. The van der Waals surface area contributed by atoms with E-state index in [0.29, 0.717) is 23.8 Å². The largest absolute Gasteiger partial charge is 0.492 e. The Balaban J connectivity index is 3.07. The first-order chi connectivity index (χ1) is 9.47. The first-order valence-corrected chi connectivity index (χ1v) is 7.44. The van der Waals surface area contributed by atoms with Crippen molar-refractivity contribution in [3.63, 3.8) is 0 Å². The monoisotopic (exact) mass is 278 g/mol. The quantitative estimate of drug-likeness (QED) is 0.542. The van der Waals surface area contributed by atoms with Crippen LogP contribution in [0.15, 0.2) is 18.2 Å². The van der Waals surface area contributed by atoms with Crippen LogP contribution < -0.4 is 4.74 Å². The Morgan fingerprint density at radius 1 is 1.20 bits per heavy atom. The minimum atomic E-state index is -0.311. The molecule has 0 fully saturated rings. The molecule has 1 aromatic carbocycles. The predicted octanol–water partition coefficient (Wildman–Crippen LogP) is 4.55. The molecule has 3 heteroatoms. The van der Waals surface area contributed by atoms with Gasteiger partial charge in [0.15, 0.2) is 0 Å². The molecule has 0 spiro atoms. The number of esters is 1. The third-order valence-electron chi connectivity index (χ3n) is 2.97. The van der Waals surface area contributed by atoms with E-state index in [2.05, 4.69) is 20.8 Å². The lowest BCUT2D eigenvalue weighted by Gasteiger charge is -2.18. The van der Waals surface area contributed by atoms with Crippen LogP contribution in [0.1, 0.15) is 69.3 Å². The van der Waals surface area contributed by atoms with Gasteiger partial charge in [-0.15, -0.1) is 0 Å². The summed E-state index contributed by atoms with van der Waals surface area (Å²) in [6, 6.07) is 5.68. The number of para-hydroxylation sites is 1. The van der Waals surface area contributed by atoms with Crippen molar-refractivity contribution < 1.29 is 14.3 Å². The van der Waals surface area contributed by atoms with Crippen LogP contribution >= 0.6 is 0 Å². The standard InChI is InChI=1S/C17H26O3/c1-6-7-11-19-16-14(12(2)3)9-8-10-15(16)17(18)20-13(4)5/h8-10,12-13H,6-7,11H2,1-5H3. The summed E-state index contributed by atoms with van der Waals surface area (Å²) in [7, 11) is 0. The van der Waals surface area contributed by atoms with Crippen molar-refractivity contribution in [2.75, 3.05) is 6.61 Å². The highest BCUT2D eigenvalue weighted by Gasteiger charge is 2.19. The maximum atomic E-state index is 12.2. The molecule has 3 nitrogen and oxygen atoms in total. The lowest BCUT2D eigenvalue weighted by molar-refractivity contribution is 0.0373. The summed E-state index contributed by atoms with van der Waals surface area (Å²) in [5.74, 6) is 0.675. The number of hydrogen-bond acceptors (Lipinski definition) is 3. The Bertz CT molecular complexity index is 436. The van der Waals surface area contributed by atoms with Gasteiger partial charge in [-0.3, -0.25) is 0 Å². The molecule has 0 N–H and O–H groups in total. The number of carbonyl (C=O) groups is 1. The van der Waals surface area contributed by atoms with E-state index in [1.807, 2.05) is 26.0 Å². The van der Waals surface area contributed by atoms with Crippen LogP contribution in [0.2, 0.25) is 0 Å². The number of rotatable bonds is 7. The summed E-state index contributed by atoms with van der Waals surface area (Å²) >= 11 is 0. The third kappa shape index (κ3) is 4.55. The van der Waals surface area contributed by atoms with Gasteiger partial charge in [0.2, 0.25) is 0 Å². The zero-order valence-corrected chi connectivity index (χ0v) is 13.2. The van der Waals surface area contributed by atoms with Gasteiger partial charge in [0, 0.05) is 0 Å². The molecule has 0 heterocycles. The van der Waals surface area contributed by atoms with Gasteiger partial charge in [-0.2, -0.15) is 0 Å². The molecule has 0 saturated carbocycles. The van der Waals surface area contributed by atoms with Crippen LogP contribution in [0, 0.1) is 0 Å². The average molecular weight is 278 g/mol. The van der Waals surface area contributed by atoms with Gasteiger partial charge in [0.25, 0.3) is 0 Å². The van der Waals surface area contributed by atoms with Crippen molar-refractivity contribution in [2.45, 2.75) is 59.5 Å². The molecule has 0 aromatic heterocycles. The fraction of sp³-hybridized carbons (Fsp3) is 0.588. The summed E-state index contributed by atoms with van der Waals surface area (Å²) in [6.45, 7) is 10.6. The topological polar surface area (TPSA) is 35.5 Å². The molecule has 0 aliphatic carbocycles. The smallest absolute Gasteiger partial charge is 0.342 e. The minimum Gasteiger partial charge on any atom is -0.492 e. The molecule has 0 aliphatic heterocycles. The lowest BCUT2D eigenvalue weighted by Crippen LogP contribution is -2.14. The molecule has 0 unspecified atom stereocenters. The molecular formula is C17H26O3. The zero-order chi connectivity index (χ0) is 15.1. The summed E-state index contributed by atoms with van der Waals surface area (Å²) in [4.78, 5) is 12.2. The van der Waals surface area contributed by atoms with Crippen molar-refractivity contribution in [1.82, 2.24) is 0 Å². The summed E-state index contributed by atoms with van der Waals surface area (Å²) in [5.41, 5.74) is 1.58. The minimum absolute atomic E-state index is 0.131. The van der Waals surface area contributed by atoms with Crippen LogP contribution in [0.4, 0.5) is 0 Å². The molecule has 0 radical (unpaired) electrons. The summed E-state index contributed by atoms with van der Waals surface area (Å²) < 4.78 is 11.2. The molecule has 1 rings (SSSR count). The van der Waals surface area contributed by atoms with Crippen molar-refractivity contribution in [1.29, 1.82) is 0 Å². The average Bonchev–Trinajstić information content (AvgIpc) is 2.37. The van der Waals surface area contributed by atoms with Crippen molar-refractivity contribution in [3.05, 3.63) is 29.3 Å². The van der Waals surface area contributed by atoms with Gasteiger partial charge in [-0.25, -0.2) is 4.79 Å². The second kappa shape index (κ2) is 7.93. The Hall–Kier alpha value is -1.51. The second-order valence-electron chi connectivity index (χ2n) is 5.53. The molecular weight excluding hydrogens is 252 g/mol. The van der Waals surface area contributed by atoms with Crippen LogP contribution in [-0.2, 0) is 4.74 Å². The molecule has 0 atom stereocenters. The molecule has 0 bridgehead atoms. The number of carbonyl (C=O) groups excluding carboxylic acids is 1. The fourth-order valence-electron chi connectivity index (χ4n) is 1.93. The van der Waals surface area contributed by atoms with E-state index in [0.717, 1.165) is 18.4 Å². The van der Waals surface area contributed by atoms with Crippen LogP contribution in [-0.4, -0.2) is 18.7 Å². The number of ether oxygens (including phenoxy) is 2. The number of benzene rings is 1. The maximum absolute atomic E-state index is 12.2. The Kier molecular flexibility index (Phi) is 6.56. The SMILES string of the molecule is CCCCOc1c(C(=O)OC(C)C)cccc1C(C)C. The van der Waals surface area contributed by atoms with E-state index in [4.69, 9.17) is 9.47 Å². The molecule has 112 valence electrons. The van der Waals surface area contributed by atoms with Gasteiger partial charge in [-0.05, 0) is 37.8 Å². The van der Waals surface area contributed by atoms with E-state index < -0.39 is 0 Å². The molecule has 0 amide bonds. The van der Waals surface area contributed by atoms with Crippen molar-refractivity contribution >= 4 is 5.97 Å². The molecule has 1 aromatic rings. The highest BCUT2D eigenvalue weighted by Crippen LogP contribution is 2.31. The van der Waals surface area contributed by atoms with E-state index in [1.165, 1.54) is 0 Å². The molecule has 0 aliphatic rings. The van der Waals surface area contributed by atoms with Crippen LogP contribution in [0.25, 0.3) is 0 Å². The first-order valence-electron chi connectivity index (χ1n) is 7.44. The highest BCUT2D eigenvalue weighted by atomic mass is 16.5. The van der Waals surface area contributed by atoms with E-state index >= 15 is 0 Å². The Labute approximate surface area is 122 Å². The second-order valence-corrected chi connectivity index (χ2v) is 5.53. The Morgan fingerprint density at radius 2 is 1.90 bits per heavy atom. The highest BCUT2D eigenvalue weighted by molar-refractivity contribution is 5.93. The van der Waals surface area contributed by atoms with Crippen LogP contribution in [0.5, 0.6) is 5.75 Å². The van der Waals surface area contributed by atoms with Gasteiger partial charge in [0.1, 0.15) is 11.3 Å². The normalized spacial score (nSPS) is 10.9. The predicted molar refractivity (Wildman–Crippen MR) is 81.5 cm³/mol. The van der Waals surface area contributed by atoms with Crippen molar-refractivity contribution in [3.8, 4) is 5.75 Å². The molecule has 20 heavy (non-hydrogen) atoms. The maximum Gasteiger partial charge on any atom is 0.342 e. The van der Waals surface area contributed by atoms with Crippen molar-refractivity contribution in [2.24, 2.45) is 0 Å². The summed E-state index contributed by atoms with van der Waals surface area (Å²) in [5, 5.41) is 0. The van der Waals surface area contributed by atoms with E-state index in [-0.39, 0.29) is 12.1 Å². The Morgan fingerprint density at radius 3 is 2.45 bits per heavy atom. The number of unbranched alkanes of at least 4 members (excludes halogenated alkanes) is 1. The van der Waals surface area contributed by atoms with E-state index in [1.54, 1.807) is 6.07 Å². The summed E-state index contributed by atoms with van der Waals surface area (Å²) in [6.07, 6.45) is 1.91. The van der Waals surface area contributed by atoms with Gasteiger partial charge >= 0.3 is 5.97 Å². The fourth-order valence-corrected chi connectivity index (χ4v) is 1.93. The lowest BCUT2D eigenvalue weighted by atomic mass is 9.99. The third-order valence-corrected chi connectivity index (χ3v) is 2.97.